The van der Waals surface area contributed by atoms with Crippen molar-refractivity contribution in [3.8, 4) is 0 Å². The Labute approximate surface area is 100 Å². The van der Waals surface area contributed by atoms with Crippen molar-refractivity contribution in [1.82, 2.24) is 4.90 Å². The molecule has 90 valence electrons. The molecule has 0 spiro atoms. The SMILES string of the molecule is CN(Cc1ccc(N)cc1Br)CC(F)(F)F. The predicted octanol–water partition coefficient (Wildman–Crippen LogP) is 3.03. The molecule has 0 amide bonds. The molecule has 16 heavy (non-hydrogen) atoms. The van der Waals surface area contributed by atoms with Gasteiger partial charge in [0.2, 0.25) is 0 Å². The van der Waals surface area contributed by atoms with Crippen LogP contribution in [0.25, 0.3) is 0 Å². The van der Waals surface area contributed by atoms with Crippen LogP contribution in [0.15, 0.2) is 22.7 Å². The monoisotopic (exact) mass is 296 g/mol. The van der Waals surface area contributed by atoms with E-state index in [0.29, 0.717) is 5.69 Å². The highest BCUT2D eigenvalue weighted by atomic mass is 79.9. The number of nitrogens with zero attached hydrogens (tertiary/aromatic N) is 1. The fraction of sp³-hybridized carbons (Fsp3) is 0.400. The van der Waals surface area contributed by atoms with Gasteiger partial charge in [-0.15, -0.1) is 0 Å². The Balaban J connectivity index is 2.66. The molecule has 0 saturated heterocycles. The molecule has 0 radical (unpaired) electrons. The number of hydrogen-bond acceptors (Lipinski definition) is 2. The number of rotatable bonds is 3. The van der Waals surface area contributed by atoms with Gasteiger partial charge in [-0.2, -0.15) is 13.2 Å². The first-order valence-electron chi connectivity index (χ1n) is 4.57. The first kappa shape index (κ1) is 13.3. The van der Waals surface area contributed by atoms with E-state index < -0.39 is 12.7 Å². The molecular formula is C10H12BrF3N2. The molecule has 1 aromatic carbocycles. The maximum atomic E-state index is 12.1. The zero-order valence-electron chi connectivity index (χ0n) is 8.68. The Morgan fingerprint density at radius 2 is 2.00 bits per heavy atom. The molecule has 1 aromatic rings. The van der Waals surface area contributed by atoms with Gasteiger partial charge in [-0.25, -0.2) is 0 Å². The molecule has 0 unspecified atom stereocenters. The molecule has 0 aliphatic carbocycles. The molecule has 0 fully saturated rings. The fourth-order valence-electron chi connectivity index (χ4n) is 1.34. The molecule has 0 aliphatic heterocycles. The van der Waals surface area contributed by atoms with Gasteiger partial charge in [0.25, 0.3) is 0 Å². The van der Waals surface area contributed by atoms with Crippen LogP contribution in [0, 0.1) is 0 Å². The van der Waals surface area contributed by atoms with Gasteiger partial charge in [0, 0.05) is 16.7 Å². The lowest BCUT2D eigenvalue weighted by molar-refractivity contribution is -0.144. The first-order chi connectivity index (χ1) is 7.28. The topological polar surface area (TPSA) is 29.3 Å². The fourth-order valence-corrected chi connectivity index (χ4v) is 1.87. The molecule has 0 aliphatic rings. The summed E-state index contributed by atoms with van der Waals surface area (Å²) < 4.78 is 37.0. The zero-order valence-corrected chi connectivity index (χ0v) is 10.3. The van der Waals surface area contributed by atoms with E-state index in [2.05, 4.69) is 15.9 Å². The van der Waals surface area contributed by atoms with Crippen LogP contribution in [0.3, 0.4) is 0 Å². The Bertz CT molecular complexity index is 366. The Morgan fingerprint density at radius 3 is 2.50 bits per heavy atom. The second kappa shape index (κ2) is 5.05. The van der Waals surface area contributed by atoms with Crippen molar-refractivity contribution in [1.29, 1.82) is 0 Å². The van der Waals surface area contributed by atoms with Crippen LogP contribution in [-0.2, 0) is 6.54 Å². The predicted molar refractivity (Wildman–Crippen MR) is 60.9 cm³/mol. The minimum absolute atomic E-state index is 0.223. The maximum absolute atomic E-state index is 12.1. The van der Waals surface area contributed by atoms with Crippen LogP contribution in [0.2, 0.25) is 0 Å². The molecule has 0 saturated carbocycles. The van der Waals surface area contributed by atoms with E-state index in [4.69, 9.17) is 5.73 Å². The number of hydrogen-bond donors (Lipinski definition) is 1. The lowest BCUT2D eigenvalue weighted by Crippen LogP contribution is -2.30. The Morgan fingerprint density at radius 1 is 1.38 bits per heavy atom. The highest BCUT2D eigenvalue weighted by Gasteiger charge is 2.29. The van der Waals surface area contributed by atoms with E-state index in [9.17, 15) is 13.2 Å². The molecule has 1 rings (SSSR count). The van der Waals surface area contributed by atoms with Crippen LogP contribution in [0.1, 0.15) is 5.56 Å². The van der Waals surface area contributed by atoms with Crippen LogP contribution in [-0.4, -0.2) is 24.7 Å². The van der Waals surface area contributed by atoms with Gasteiger partial charge in [-0.3, -0.25) is 4.90 Å². The molecule has 0 atom stereocenters. The third-order valence-corrected chi connectivity index (χ3v) is 2.70. The molecule has 2 nitrogen and oxygen atoms in total. The summed E-state index contributed by atoms with van der Waals surface area (Å²) in [4.78, 5) is 1.20. The van der Waals surface area contributed by atoms with E-state index in [1.54, 1.807) is 18.2 Å². The van der Waals surface area contributed by atoms with Gasteiger partial charge >= 0.3 is 6.18 Å². The van der Waals surface area contributed by atoms with Crippen LogP contribution >= 0.6 is 15.9 Å². The van der Waals surface area contributed by atoms with E-state index in [1.807, 2.05) is 0 Å². The van der Waals surface area contributed by atoms with Gasteiger partial charge in [0.15, 0.2) is 0 Å². The van der Waals surface area contributed by atoms with Crippen molar-refractivity contribution >= 4 is 21.6 Å². The van der Waals surface area contributed by atoms with E-state index in [-0.39, 0.29) is 6.54 Å². The van der Waals surface area contributed by atoms with Crippen molar-refractivity contribution in [2.45, 2.75) is 12.7 Å². The molecule has 0 bridgehead atoms. The molecule has 0 heterocycles. The molecule has 6 heteroatoms. The number of anilines is 1. The van der Waals surface area contributed by atoms with Crippen molar-refractivity contribution in [3.63, 3.8) is 0 Å². The summed E-state index contributed by atoms with van der Waals surface area (Å²) in [6.07, 6.45) is -4.17. The van der Waals surface area contributed by atoms with Crippen LogP contribution < -0.4 is 5.73 Å². The highest BCUT2D eigenvalue weighted by Crippen LogP contribution is 2.22. The highest BCUT2D eigenvalue weighted by molar-refractivity contribution is 9.10. The molecular weight excluding hydrogens is 285 g/mol. The Hall–Kier alpha value is -0.750. The van der Waals surface area contributed by atoms with Crippen molar-refractivity contribution < 1.29 is 13.2 Å². The van der Waals surface area contributed by atoms with Crippen molar-refractivity contribution in [3.05, 3.63) is 28.2 Å². The summed E-state index contributed by atoms with van der Waals surface area (Å²) in [5.74, 6) is 0. The summed E-state index contributed by atoms with van der Waals surface area (Å²) in [5, 5.41) is 0. The molecule has 0 aromatic heterocycles. The van der Waals surface area contributed by atoms with Crippen molar-refractivity contribution in [2.75, 3.05) is 19.3 Å². The smallest absolute Gasteiger partial charge is 0.399 e. The van der Waals surface area contributed by atoms with Gasteiger partial charge in [0.1, 0.15) is 0 Å². The second-order valence-corrected chi connectivity index (χ2v) is 4.49. The summed E-state index contributed by atoms with van der Waals surface area (Å²) in [5.41, 5.74) is 6.89. The van der Waals surface area contributed by atoms with Crippen LogP contribution in [0.5, 0.6) is 0 Å². The van der Waals surface area contributed by atoms with Crippen molar-refractivity contribution in [2.24, 2.45) is 0 Å². The summed E-state index contributed by atoms with van der Waals surface area (Å²) in [6, 6.07) is 5.06. The van der Waals surface area contributed by atoms with Gasteiger partial charge in [-0.05, 0) is 24.7 Å². The third kappa shape index (κ3) is 4.40. The Kier molecular flexibility index (Phi) is 4.21. The summed E-state index contributed by atoms with van der Waals surface area (Å²) in [7, 11) is 1.43. The standard InChI is InChI=1S/C10H12BrF3N2/c1-16(6-10(12,13)14)5-7-2-3-8(15)4-9(7)11/h2-4H,5-6,15H2,1H3. The van der Waals surface area contributed by atoms with Gasteiger partial charge in [0.05, 0.1) is 6.54 Å². The van der Waals surface area contributed by atoms with Gasteiger partial charge in [-0.1, -0.05) is 22.0 Å². The summed E-state index contributed by atoms with van der Waals surface area (Å²) in [6.45, 7) is -0.704. The minimum atomic E-state index is -4.17. The third-order valence-electron chi connectivity index (χ3n) is 1.97. The van der Waals surface area contributed by atoms with E-state index in [0.717, 1.165) is 10.0 Å². The van der Waals surface area contributed by atoms with Crippen LogP contribution in [0.4, 0.5) is 18.9 Å². The lowest BCUT2D eigenvalue weighted by Gasteiger charge is -2.19. The largest absolute Gasteiger partial charge is 0.401 e. The number of nitrogen functional groups attached to an aromatic ring is 1. The van der Waals surface area contributed by atoms with E-state index in [1.165, 1.54) is 11.9 Å². The lowest BCUT2D eigenvalue weighted by atomic mass is 10.2. The number of alkyl halides is 3. The number of nitrogens with two attached hydrogens (primary N) is 1. The number of halogens is 4. The normalized spacial score (nSPS) is 12.1. The average Bonchev–Trinajstić information content (AvgIpc) is 2.06. The maximum Gasteiger partial charge on any atom is 0.401 e. The minimum Gasteiger partial charge on any atom is -0.399 e. The molecule has 2 N–H and O–H groups in total. The zero-order chi connectivity index (χ0) is 12.3. The quantitative estimate of drug-likeness (QED) is 0.869. The average molecular weight is 297 g/mol. The second-order valence-electron chi connectivity index (χ2n) is 3.64. The van der Waals surface area contributed by atoms with Gasteiger partial charge < -0.3 is 5.73 Å². The van der Waals surface area contributed by atoms with E-state index >= 15 is 0 Å². The number of benzene rings is 1. The summed E-state index contributed by atoms with van der Waals surface area (Å²) >= 11 is 3.27. The first-order valence-corrected chi connectivity index (χ1v) is 5.36.